The first kappa shape index (κ1) is 18.8. The summed E-state index contributed by atoms with van der Waals surface area (Å²) < 4.78 is 17.1. The first-order valence-electron chi connectivity index (χ1n) is 8.99. The van der Waals surface area contributed by atoms with E-state index >= 15 is 0 Å². The normalized spacial score (nSPS) is 13.1. The van der Waals surface area contributed by atoms with Gasteiger partial charge in [-0.15, -0.1) is 0 Å². The molecule has 2 aromatic heterocycles. The van der Waals surface area contributed by atoms with E-state index < -0.39 is 5.97 Å². The van der Waals surface area contributed by atoms with E-state index in [9.17, 15) is 9.59 Å². The number of esters is 1. The highest BCUT2D eigenvalue weighted by Gasteiger charge is 2.31. The second-order valence-corrected chi connectivity index (χ2v) is 6.44. The number of imidazole rings is 1. The molecule has 0 saturated carbocycles. The van der Waals surface area contributed by atoms with E-state index in [0.29, 0.717) is 28.8 Å². The molecule has 0 unspecified atom stereocenters. The average Bonchev–Trinajstić information content (AvgIpc) is 3.31. The Labute approximate surface area is 166 Å². The molecule has 4 rings (SSSR count). The second-order valence-electron chi connectivity index (χ2n) is 6.44. The van der Waals surface area contributed by atoms with Gasteiger partial charge in [-0.2, -0.15) is 4.98 Å². The smallest absolute Gasteiger partial charge is 0.339 e. The van der Waals surface area contributed by atoms with Gasteiger partial charge in [-0.1, -0.05) is 11.2 Å². The van der Waals surface area contributed by atoms with Crippen molar-refractivity contribution in [3.05, 3.63) is 47.2 Å². The van der Waals surface area contributed by atoms with Gasteiger partial charge in [0, 0.05) is 14.2 Å². The van der Waals surface area contributed by atoms with Gasteiger partial charge in [0.15, 0.2) is 0 Å². The number of hydrogen-bond acceptors (Lipinski definition) is 8. The number of aromatic nitrogens is 4. The van der Waals surface area contributed by atoms with Crippen LogP contribution in [0.1, 0.15) is 39.2 Å². The Morgan fingerprint density at radius 1 is 1.34 bits per heavy atom. The highest BCUT2D eigenvalue weighted by atomic mass is 16.5. The van der Waals surface area contributed by atoms with Crippen molar-refractivity contribution in [1.29, 1.82) is 0 Å². The molecule has 3 aromatic rings. The van der Waals surface area contributed by atoms with Crippen molar-refractivity contribution in [3.8, 4) is 17.2 Å². The standard InChI is InChI=1S/C19H19N5O5/c1-4-28-19(26)11-6-5-7-12-15(11)18(25)23(2)8-13-16(20-10-24(12)13)17-21-14(9-27-3)29-22-17/h5-7,10H,4,8-9H2,1-3H3. The molecule has 10 heteroatoms. The molecule has 0 saturated heterocycles. The summed E-state index contributed by atoms with van der Waals surface area (Å²) >= 11 is 0. The van der Waals surface area contributed by atoms with E-state index in [1.807, 2.05) is 0 Å². The zero-order valence-electron chi connectivity index (χ0n) is 16.2. The minimum atomic E-state index is -0.544. The van der Waals surface area contributed by atoms with Crippen LogP contribution in [0.3, 0.4) is 0 Å². The number of benzene rings is 1. The zero-order chi connectivity index (χ0) is 20.5. The predicted molar refractivity (Wildman–Crippen MR) is 99.3 cm³/mol. The predicted octanol–water partition coefficient (Wildman–Crippen LogP) is 1.83. The van der Waals surface area contributed by atoms with Gasteiger partial charge >= 0.3 is 5.97 Å². The lowest BCUT2D eigenvalue weighted by Gasteiger charge is -2.16. The third kappa shape index (κ3) is 3.17. The first-order valence-corrected chi connectivity index (χ1v) is 8.99. The molecule has 1 aliphatic rings. The molecule has 0 spiro atoms. The van der Waals surface area contributed by atoms with E-state index in [0.717, 1.165) is 0 Å². The summed E-state index contributed by atoms with van der Waals surface area (Å²) in [4.78, 5) is 35.8. The Morgan fingerprint density at radius 3 is 2.93 bits per heavy atom. The van der Waals surface area contributed by atoms with Crippen LogP contribution in [0.25, 0.3) is 17.2 Å². The third-order valence-electron chi connectivity index (χ3n) is 4.56. The van der Waals surface area contributed by atoms with Crippen LogP contribution in [0.15, 0.2) is 29.0 Å². The SMILES string of the molecule is CCOC(=O)c1cccc2c1C(=O)N(C)Cc1c(-c3noc(COC)n3)ncn1-2. The summed E-state index contributed by atoms with van der Waals surface area (Å²) in [7, 11) is 3.19. The maximum atomic E-state index is 13.1. The lowest BCUT2D eigenvalue weighted by atomic mass is 10.0. The number of ether oxygens (including phenoxy) is 2. The molecule has 1 aliphatic heterocycles. The molecule has 29 heavy (non-hydrogen) atoms. The van der Waals surface area contributed by atoms with Crippen LogP contribution >= 0.6 is 0 Å². The number of fused-ring (bicyclic) bond motifs is 3. The summed E-state index contributed by atoms with van der Waals surface area (Å²) in [5, 5.41) is 3.97. The molecule has 1 aromatic carbocycles. The van der Waals surface area contributed by atoms with E-state index in [-0.39, 0.29) is 36.8 Å². The van der Waals surface area contributed by atoms with E-state index in [1.165, 1.54) is 12.0 Å². The van der Waals surface area contributed by atoms with Gasteiger partial charge < -0.3 is 18.9 Å². The van der Waals surface area contributed by atoms with E-state index in [1.54, 1.807) is 43.1 Å². The van der Waals surface area contributed by atoms with Crippen molar-refractivity contribution in [2.24, 2.45) is 0 Å². The van der Waals surface area contributed by atoms with Crippen LogP contribution in [0.5, 0.6) is 0 Å². The minimum absolute atomic E-state index is 0.188. The molecule has 10 nitrogen and oxygen atoms in total. The van der Waals surface area contributed by atoms with Gasteiger partial charge in [-0.05, 0) is 19.1 Å². The highest BCUT2D eigenvalue weighted by Crippen LogP contribution is 2.31. The summed E-state index contributed by atoms with van der Waals surface area (Å²) in [6, 6.07) is 5.05. The van der Waals surface area contributed by atoms with Gasteiger partial charge in [-0.25, -0.2) is 9.78 Å². The van der Waals surface area contributed by atoms with Crippen LogP contribution in [0.2, 0.25) is 0 Å². The van der Waals surface area contributed by atoms with Gasteiger partial charge in [0.05, 0.1) is 35.7 Å². The Kier molecular flexibility index (Phi) is 4.85. The fraction of sp³-hybridized carbons (Fsp3) is 0.316. The molecular weight excluding hydrogens is 378 g/mol. The number of hydrogen-bond donors (Lipinski definition) is 0. The number of carbonyl (C=O) groups excluding carboxylic acids is 2. The average molecular weight is 397 g/mol. The summed E-state index contributed by atoms with van der Waals surface area (Å²) in [6.45, 7) is 2.37. The van der Waals surface area contributed by atoms with Crippen molar-refractivity contribution in [3.63, 3.8) is 0 Å². The summed E-state index contributed by atoms with van der Waals surface area (Å²) in [5.74, 6) is -0.201. The molecule has 0 bridgehead atoms. The van der Waals surface area contributed by atoms with Crippen molar-refractivity contribution in [2.45, 2.75) is 20.1 Å². The largest absolute Gasteiger partial charge is 0.462 e. The summed E-state index contributed by atoms with van der Waals surface area (Å²) in [6.07, 6.45) is 1.58. The Balaban J connectivity index is 1.87. The van der Waals surface area contributed by atoms with Crippen molar-refractivity contribution >= 4 is 11.9 Å². The van der Waals surface area contributed by atoms with Crippen LogP contribution in [0, 0.1) is 0 Å². The first-order chi connectivity index (χ1) is 14.0. The quantitative estimate of drug-likeness (QED) is 0.599. The minimum Gasteiger partial charge on any atom is -0.462 e. The fourth-order valence-corrected chi connectivity index (χ4v) is 3.28. The molecule has 0 aliphatic carbocycles. The Bertz CT molecular complexity index is 1090. The Morgan fingerprint density at radius 2 is 2.17 bits per heavy atom. The number of carbonyl (C=O) groups is 2. The van der Waals surface area contributed by atoms with Gasteiger partial charge in [-0.3, -0.25) is 9.36 Å². The maximum absolute atomic E-state index is 13.1. The molecule has 150 valence electrons. The monoisotopic (exact) mass is 397 g/mol. The van der Waals surface area contributed by atoms with Crippen molar-refractivity contribution < 1.29 is 23.6 Å². The molecule has 0 atom stereocenters. The number of amides is 1. The third-order valence-corrected chi connectivity index (χ3v) is 4.56. The lowest BCUT2D eigenvalue weighted by Crippen LogP contribution is -2.27. The van der Waals surface area contributed by atoms with Gasteiger partial charge in [0.1, 0.15) is 18.6 Å². The molecule has 0 fully saturated rings. The molecule has 0 N–H and O–H groups in total. The molecule has 0 radical (unpaired) electrons. The topological polar surface area (TPSA) is 113 Å². The highest BCUT2D eigenvalue weighted by molar-refractivity contribution is 6.08. The van der Waals surface area contributed by atoms with Gasteiger partial charge in [0.2, 0.25) is 5.82 Å². The van der Waals surface area contributed by atoms with Crippen LogP contribution < -0.4 is 0 Å². The van der Waals surface area contributed by atoms with Crippen LogP contribution in [-0.2, 0) is 22.6 Å². The van der Waals surface area contributed by atoms with Crippen molar-refractivity contribution in [1.82, 2.24) is 24.6 Å². The maximum Gasteiger partial charge on any atom is 0.339 e. The van der Waals surface area contributed by atoms with Crippen LogP contribution in [0.4, 0.5) is 0 Å². The Hall–Kier alpha value is -3.53. The summed E-state index contributed by atoms with van der Waals surface area (Å²) in [5.41, 5.74) is 2.21. The van der Waals surface area contributed by atoms with E-state index in [4.69, 9.17) is 14.0 Å². The van der Waals surface area contributed by atoms with Crippen LogP contribution in [-0.4, -0.2) is 57.2 Å². The zero-order valence-corrected chi connectivity index (χ0v) is 16.2. The van der Waals surface area contributed by atoms with E-state index in [2.05, 4.69) is 15.1 Å². The number of nitrogens with zero attached hydrogens (tertiary/aromatic N) is 5. The molecule has 3 heterocycles. The number of rotatable bonds is 5. The molecule has 1 amide bonds. The number of methoxy groups -OCH3 is 1. The van der Waals surface area contributed by atoms with Crippen molar-refractivity contribution in [2.75, 3.05) is 20.8 Å². The second kappa shape index (κ2) is 7.47. The lowest BCUT2D eigenvalue weighted by molar-refractivity contribution is 0.0520. The van der Waals surface area contributed by atoms with Gasteiger partial charge in [0.25, 0.3) is 11.8 Å². The molecular formula is C19H19N5O5. The fourth-order valence-electron chi connectivity index (χ4n) is 3.28.